The van der Waals surface area contributed by atoms with E-state index in [2.05, 4.69) is 24.0 Å². The molecule has 2 nitrogen and oxygen atoms in total. The van der Waals surface area contributed by atoms with Crippen LogP contribution in [0.3, 0.4) is 0 Å². The molecule has 1 aliphatic carbocycles. The molecule has 0 saturated heterocycles. The van der Waals surface area contributed by atoms with Crippen molar-refractivity contribution in [2.75, 3.05) is 0 Å². The summed E-state index contributed by atoms with van der Waals surface area (Å²) in [5.41, 5.74) is 3.32. The van der Waals surface area contributed by atoms with E-state index in [1.807, 2.05) is 24.3 Å². The van der Waals surface area contributed by atoms with Crippen LogP contribution in [0, 0.1) is 17.7 Å². The molecule has 0 atom stereocenters. The number of hydrogen-bond donors (Lipinski definition) is 0. The monoisotopic (exact) mass is 466 g/mol. The molecule has 2 aromatic rings. The van der Waals surface area contributed by atoms with Crippen LogP contribution in [-0.2, 0) is 12.8 Å². The number of rotatable bonds is 15. The van der Waals surface area contributed by atoms with Crippen molar-refractivity contribution in [3.8, 4) is 11.3 Å². The van der Waals surface area contributed by atoms with Crippen molar-refractivity contribution in [2.45, 2.75) is 123 Å². The maximum Gasteiger partial charge on any atom is 0.132 e. The summed E-state index contributed by atoms with van der Waals surface area (Å²) in [6.45, 7) is 4.51. The Labute approximate surface area is 208 Å². The fraction of sp³-hybridized carbons (Fsp3) is 0.677. The molecule has 1 aliphatic rings. The summed E-state index contributed by atoms with van der Waals surface area (Å²) in [7, 11) is 0. The van der Waals surface area contributed by atoms with Crippen LogP contribution >= 0.6 is 0 Å². The van der Waals surface area contributed by atoms with Gasteiger partial charge in [0.05, 0.1) is 11.4 Å². The van der Waals surface area contributed by atoms with Crippen molar-refractivity contribution >= 4 is 0 Å². The van der Waals surface area contributed by atoms with E-state index < -0.39 is 0 Å². The van der Waals surface area contributed by atoms with Crippen molar-refractivity contribution in [3.63, 3.8) is 0 Å². The molecule has 0 spiro atoms. The van der Waals surface area contributed by atoms with Crippen LogP contribution in [0.5, 0.6) is 0 Å². The Bertz CT molecular complexity index is 809. The molecule has 34 heavy (non-hydrogen) atoms. The number of unbranched alkanes of at least 4 members (excludes halogenated alkanes) is 7. The number of hydrogen-bond acceptors (Lipinski definition) is 2. The highest BCUT2D eigenvalue weighted by Gasteiger charge is 2.21. The number of aryl methyl sites for hydroxylation is 2. The Morgan fingerprint density at radius 3 is 2.03 bits per heavy atom. The van der Waals surface area contributed by atoms with Crippen molar-refractivity contribution in [2.24, 2.45) is 11.8 Å². The predicted octanol–water partition coefficient (Wildman–Crippen LogP) is 9.50. The number of benzene rings is 1. The fourth-order valence-electron chi connectivity index (χ4n) is 5.51. The lowest BCUT2D eigenvalue weighted by atomic mass is 9.78. The zero-order valence-corrected chi connectivity index (χ0v) is 21.8. The maximum absolute atomic E-state index is 14.7. The van der Waals surface area contributed by atoms with E-state index in [4.69, 9.17) is 0 Å². The second kappa shape index (κ2) is 15.3. The molecule has 1 saturated carbocycles. The summed E-state index contributed by atoms with van der Waals surface area (Å²) in [5, 5.41) is 8.81. The quantitative estimate of drug-likeness (QED) is 0.244. The van der Waals surface area contributed by atoms with Gasteiger partial charge in [0.1, 0.15) is 5.82 Å². The lowest BCUT2D eigenvalue weighted by Crippen LogP contribution is -2.15. The molecule has 3 heteroatoms. The van der Waals surface area contributed by atoms with Gasteiger partial charge in [-0.05, 0) is 67.3 Å². The van der Waals surface area contributed by atoms with Gasteiger partial charge in [-0.15, -0.1) is 0 Å². The van der Waals surface area contributed by atoms with E-state index in [1.165, 1.54) is 89.9 Å². The third-order valence-corrected chi connectivity index (χ3v) is 7.84. The smallest absolute Gasteiger partial charge is 0.132 e. The van der Waals surface area contributed by atoms with Crippen LogP contribution in [0.2, 0.25) is 0 Å². The Hall–Kier alpha value is -1.77. The standard InChI is InChI=1S/C31H47FN2/c1-3-5-7-9-11-13-27-19-22-29(30(32)24-27)31-23-21-28(33-34-31)20-18-26-16-14-25(15-17-26)12-10-8-6-4-2/h19,21-26H,3-18,20H2,1-2H3. The van der Waals surface area contributed by atoms with Gasteiger partial charge in [-0.1, -0.05) is 103 Å². The molecule has 0 bridgehead atoms. The number of nitrogens with zero attached hydrogens (tertiary/aromatic N) is 2. The van der Waals surface area contributed by atoms with Crippen LogP contribution in [0.1, 0.15) is 121 Å². The van der Waals surface area contributed by atoms with E-state index in [1.54, 1.807) is 6.07 Å². The summed E-state index contributed by atoms with van der Waals surface area (Å²) in [6.07, 6.45) is 21.9. The van der Waals surface area contributed by atoms with Gasteiger partial charge in [-0.25, -0.2) is 4.39 Å². The van der Waals surface area contributed by atoms with Gasteiger partial charge in [0.15, 0.2) is 0 Å². The molecule has 0 N–H and O–H groups in total. The Morgan fingerprint density at radius 2 is 1.38 bits per heavy atom. The molecule has 1 heterocycles. The highest BCUT2D eigenvalue weighted by molar-refractivity contribution is 5.59. The maximum atomic E-state index is 14.7. The van der Waals surface area contributed by atoms with E-state index in [0.29, 0.717) is 11.3 Å². The molecule has 0 amide bonds. The molecule has 1 aromatic carbocycles. The van der Waals surface area contributed by atoms with Crippen molar-refractivity contribution in [1.29, 1.82) is 0 Å². The highest BCUT2D eigenvalue weighted by Crippen LogP contribution is 2.34. The average Bonchev–Trinajstić information content (AvgIpc) is 2.86. The van der Waals surface area contributed by atoms with Gasteiger partial charge in [-0.3, -0.25) is 0 Å². The number of aromatic nitrogens is 2. The first-order valence-electron chi connectivity index (χ1n) is 14.3. The van der Waals surface area contributed by atoms with E-state index in [9.17, 15) is 4.39 Å². The van der Waals surface area contributed by atoms with Gasteiger partial charge >= 0.3 is 0 Å². The molecule has 0 unspecified atom stereocenters. The topological polar surface area (TPSA) is 25.8 Å². The molecule has 3 rings (SSSR count). The van der Waals surface area contributed by atoms with Gasteiger partial charge in [-0.2, -0.15) is 10.2 Å². The lowest BCUT2D eigenvalue weighted by molar-refractivity contribution is 0.248. The second-order valence-corrected chi connectivity index (χ2v) is 10.7. The van der Waals surface area contributed by atoms with Crippen LogP contribution in [0.4, 0.5) is 4.39 Å². The van der Waals surface area contributed by atoms with Gasteiger partial charge in [0.2, 0.25) is 0 Å². The molecule has 0 radical (unpaired) electrons. The zero-order chi connectivity index (χ0) is 24.0. The molecule has 1 fully saturated rings. The van der Waals surface area contributed by atoms with Crippen molar-refractivity contribution in [3.05, 3.63) is 47.4 Å². The SMILES string of the molecule is CCCCCCCc1ccc(-c2ccc(CCC3CCC(CCCCCC)CC3)nn2)c(F)c1. The minimum atomic E-state index is -0.181. The first kappa shape index (κ1) is 26.8. The van der Waals surface area contributed by atoms with Crippen molar-refractivity contribution in [1.82, 2.24) is 10.2 Å². The zero-order valence-electron chi connectivity index (χ0n) is 21.8. The highest BCUT2D eigenvalue weighted by atomic mass is 19.1. The molecule has 0 aliphatic heterocycles. The molecular formula is C31H47FN2. The number of halogens is 1. The second-order valence-electron chi connectivity index (χ2n) is 10.7. The van der Waals surface area contributed by atoms with E-state index >= 15 is 0 Å². The van der Waals surface area contributed by atoms with E-state index in [0.717, 1.165) is 42.4 Å². The van der Waals surface area contributed by atoms with Crippen LogP contribution < -0.4 is 0 Å². The first-order chi connectivity index (χ1) is 16.7. The Balaban J connectivity index is 1.40. The summed E-state index contributed by atoms with van der Waals surface area (Å²) in [5.74, 6) is 1.62. The minimum absolute atomic E-state index is 0.181. The predicted molar refractivity (Wildman–Crippen MR) is 142 cm³/mol. The fourth-order valence-corrected chi connectivity index (χ4v) is 5.51. The average molecular weight is 467 g/mol. The summed E-state index contributed by atoms with van der Waals surface area (Å²) < 4.78 is 14.7. The molecular weight excluding hydrogens is 419 g/mol. The molecule has 188 valence electrons. The third-order valence-electron chi connectivity index (χ3n) is 7.84. The van der Waals surface area contributed by atoms with Crippen LogP contribution in [-0.4, -0.2) is 10.2 Å². The van der Waals surface area contributed by atoms with Crippen LogP contribution in [0.15, 0.2) is 30.3 Å². The minimum Gasteiger partial charge on any atom is -0.206 e. The summed E-state index contributed by atoms with van der Waals surface area (Å²) in [6, 6.07) is 9.60. The third kappa shape index (κ3) is 9.12. The van der Waals surface area contributed by atoms with Gasteiger partial charge < -0.3 is 0 Å². The summed E-state index contributed by atoms with van der Waals surface area (Å²) >= 11 is 0. The Morgan fingerprint density at radius 1 is 0.706 bits per heavy atom. The van der Waals surface area contributed by atoms with E-state index in [-0.39, 0.29) is 5.82 Å². The van der Waals surface area contributed by atoms with Crippen molar-refractivity contribution < 1.29 is 4.39 Å². The van der Waals surface area contributed by atoms with Crippen LogP contribution in [0.25, 0.3) is 11.3 Å². The Kier molecular flexibility index (Phi) is 12.1. The lowest BCUT2D eigenvalue weighted by Gasteiger charge is -2.28. The molecule has 1 aromatic heterocycles. The van der Waals surface area contributed by atoms with Gasteiger partial charge in [0, 0.05) is 5.56 Å². The first-order valence-corrected chi connectivity index (χ1v) is 14.3. The largest absolute Gasteiger partial charge is 0.206 e. The summed E-state index contributed by atoms with van der Waals surface area (Å²) in [4.78, 5) is 0. The normalized spacial score (nSPS) is 18.3. The van der Waals surface area contributed by atoms with Gasteiger partial charge in [0.25, 0.3) is 0 Å².